The fraction of sp³-hybridized carbons (Fsp3) is 0.118. The summed E-state index contributed by atoms with van der Waals surface area (Å²) in [5.41, 5.74) is 0.0807. The lowest BCUT2D eigenvalue weighted by molar-refractivity contribution is -0.137. The summed E-state index contributed by atoms with van der Waals surface area (Å²) >= 11 is 0. The number of alkyl halides is 3. The van der Waals surface area contributed by atoms with Crippen LogP contribution in [0.15, 0.2) is 70.3 Å². The monoisotopic (exact) mass is 382 g/mol. The lowest BCUT2D eigenvalue weighted by atomic mass is 10.2. The Morgan fingerprint density at radius 2 is 1.88 bits per heavy atom. The molecule has 1 N–H and O–H groups in total. The van der Waals surface area contributed by atoms with Crippen LogP contribution < -0.4 is 4.72 Å². The number of aromatic nitrogens is 1. The summed E-state index contributed by atoms with van der Waals surface area (Å²) in [4.78, 5) is 3.68. The number of sulfonamides is 1. The summed E-state index contributed by atoms with van der Waals surface area (Å²) in [7, 11) is -4.10. The van der Waals surface area contributed by atoms with Crippen molar-refractivity contribution in [2.45, 2.75) is 17.6 Å². The fourth-order valence-corrected chi connectivity index (χ4v) is 3.31. The fourth-order valence-electron chi connectivity index (χ4n) is 2.24. The van der Waals surface area contributed by atoms with Crippen molar-refractivity contribution in [1.29, 1.82) is 0 Å². The lowest BCUT2D eigenvalue weighted by Gasteiger charge is -2.10. The highest BCUT2D eigenvalue weighted by molar-refractivity contribution is 7.89. The van der Waals surface area contributed by atoms with Gasteiger partial charge in [0.15, 0.2) is 5.76 Å². The van der Waals surface area contributed by atoms with Gasteiger partial charge in [0.1, 0.15) is 5.69 Å². The van der Waals surface area contributed by atoms with Crippen LogP contribution in [0, 0.1) is 0 Å². The Labute approximate surface area is 147 Å². The first-order valence-corrected chi connectivity index (χ1v) is 8.90. The molecule has 2 heterocycles. The molecule has 0 aliphatic carbocycles. The van der Waals surface area contributed by atoms with E-state index in [1.807, 2.05) is 0 Å². The molecule has 0 radical (unpaired) electrons. The molecule has 26 heavy (non-hydrogen) atoms. The van der Waals surface area contributed by atoms with Crippen molar-refractivity contribution in [2.75, 3.05) is 0 Å². The maximum Gasteiger partial charge on any atom is 0.416 e. The molecule has 3 rings (SSSR count). The highest BCUT2D eigenvalue weighted by atomic mass is 32.2. The topological polar surface area (TPSA) is 72.2 Å². The van der Waals surface area contributed by atoms with Crippen LogP contribution in [0.5, 0.6) is 0 Å². The van der Waals surface area contributed by atoms with Gasteiger partial charge in [-0.15, -0.1) is 0 Å². The largest absolute Gasteiger partial charge is 0.463 e. The van der Waals surface area contributed by atoms with Crippen molar-refractivity contribution in [3.05, 3.63) is 72.1 Å². The average Bonchev–Trinajstić information content (AvgIpc) is 3.14. The zero-order valence-electron chi connectivity index (χ0n) is 13.2. The van der Waals surface area contributed by atoms with Crippen molar-refractivity contribution >= 4 is 10.0 Å². The minimum atomic E-state index is -4.62. The SMILES string of the molecule is O=S(=O)(NCc1ccnc(-c2ccco2)c1)c1cccc(C(F)(F)F)c1. The Kier molecular flexibility index (Phi) is 4.84. The van der Waals surface area contributed by atoms with E-state index >= 15 is 0 Å². The van der Waals surface area contributed by atoms with Crippen LogP contribution in [0.25, 0.3) is 11.5 Å². The third kappa shape index (κ3) is 4.12. The van der Waals surface area contributed by atoms with Crippen molar-refractivity contribution in [2.24, 2.45) is 0 Å². The number of hydrogen-bond acceptors (Lipinski definition) is 4. The van der Waals surface area contributed by atoms with Gasteiger partial charge in [0, 0.05) is 12.7 Å². The van der Waals surface area contributed by atoms with Gasteiger partial charge < -0.3 is 4.42 Å². The number of pyridine rings is 1. The van der Waals surface area contributed by atoms with Gasteiger partial charge in [-0.2, -0.15) is 13.2 Å². The summed E-state index contributed by atoms with van der Waals surface area (Å²) in [6.07, 6.45) is -1.64. The predicted molar refractivity (Wildman–Crippen MR) is 87.4 cm³/mol. The number of rotatable bonds is 5. The highest BCUT2D eigenvalue weighted by Crippen LogP contribution is 2.30. The zero-order valence-corrected chi connectivity index (χ0v) is 14.0. The number of hydrogen-bond donors (Lipinski definition) is 1. The maximum absolute atomic E-state index is 12.8. The maximum atomic E-state index is 12.8. The van der Waals surface area contributed by atoms with E-state index in [1.165, 1.54) is 12.5 Å². The number of furan rings is 1. The zero-order chi connectivity index (χ0) is 18.8. The quantitative estimate of drug-likeness (QED) is 0.728. The Hall–Kier alpha value is -2.65. The van der Waals surface area contributed by atoms with E-state index in [4.69, 9.17) is 4.42 Å². The normalized spacial score (nSPS) is 12.3. The smallest absolute Gasteiger partial charge is 0.416 e. The minimum Gasteiger partial charge on any atom is -0.463 e. The predicted octanol–water partition coefficient (Wildman–Crippen LogP) is 3.84. The molecule has 0 saturated heterocycles. The van der Waals surface area contributed by atoms with Crippen molar-refractivity contribution < 1.29 is 26.0 Å². The van der Waals surface area contributed by atoms with E-state index in [-0.39, 0.29) is 6.54 Å². The molecule has 3 aromatic rings. The third-order valence-corrected chi connectivity index (χ3v) is 4.93. The molecule has 0 bridgehead atoms. The molecule has 0 spiro atoms. The number of halogens is 3. The molecular formula is C17H13F3N2O3S. The summed E-state index contributed by atoms with van der Waals surface area (Å²) < 4.78 is 70.4. The average molecular weight is 382 g/mol. The van der Waals surface area contributed by atoms with Crippen LogP contribution in [0.2, 0.25) is 0 Å². The Balaban J connectivity index is 1.78. The second-order valence-electron chi connectivity index (χ2n) is 5.38. The van der Waals surface area contributed by atoms with Crippen LogP contribution in [-0.2, 0) is 22.7 Å². The number of nitrogens with zero attached hydrogens (tertiary/aromatic N) is 1. The van der Waals surface area contributed by atoms with Crippen LogP contribution >= 0.6 is 0 Å². The van der Waals surface area contributed by atoms with Crippen molar-refractivity contribution in [3.8, 4) is 11.5 Å². The molecule has 0 aliphatic heterocycles. The van der Waals surface area contributed by atoms with Gasteiger partial charge in [-0.1, -0.05) is 6.07 Å². The standard InChI is InChI=1S/C17H13F3N2O3S/c18-17(19,20)13-3-1-4-14(10-13)26(23,24)22-11-12-6-7-21-15(9-12)16-5-2-8-25-16/h1-10,22H,11H2. The van der Waals surface area contributed by atoms with E-state index in [0.717, 1.165) is 18.2 Å². The van der Waals surface area contributed by atoms with E-state index in [1.54, 1.807) is 24.3 Å². The van der Waals surface area contributed by atoms with E-state index < -0.39 is 26.7 Å². The summed E-state index contributed by atoms with van der Waals surface area (Å²) in [5.74, 6) is 0.521. The second-order valence-corrected chi connectivity index (χ2v) is 7.14. The van der Waals surface area contributed by atoms with E-state index in [9.17, 15) is 21.6 Å². The Morgan fingerprint density at radius 1 is 1.08 bits per heavy atom. The number of nitrogens with one attached hydrogen (secondary N) is 1. The third-order valence-electron chi connectivity index (χ3n) is 3.54. The van der Waals surface area contributed by atoms with Crippen LogP contribution in [0.1, 0.15) is 11.1 Å². The van der Waals surface area contributed by atoms with Gasteiger partial charge in [0.25, 0.3) is 0 Å². The molecule has 2 aromatic heterocycles. The highest BCUT2D eigenvalue weighted by Gasteiger charge is 2.31. The molecule has 0 aliphatic rings. The lowest BCUT2D eigenvalue weighted by Crippen LogP contribution is -2.23. The van der Waals surface area contributed by atoms with Gasteiger partial charge in [0.05, 0.1) is 16.7 Å². The summed E-state index contributed by atoms with van der Waals surface area (Å²) in [6.45, 7) is -0.102. The second kappa shape index (κ2) is 6.93. The number of benzene rings is 1. The minimum absolute atomic E-state index is 0.102. The van der Waals surface area contributed by atoms with Gasteiger partial charge in [0.2, 0.25) is 10.0 Å². The first-order valence-electron chi connectivity index (χ1n) is 7.41. The molecular weight excluding hydrogens is 369 g/mol. The molecule has 0 atom stereocenters. The summed E-state index contributed by atoms with van der Waals surface area (Å²) in [5, 5.41) is 0. The van der Waals surface area contributed by atoms with Crippen LogP contribution in [-0.4, -0.2) is 13.4 Å². The molecule has 0 saturated carbocycles. The van der Waals surface area contributed by atoms with Gasteiger partial charge >= 0.3 is 6.18 Å². The van der Waals surface area contributed by atoms with Crippen LogP contribution in [0.3, 0.4) is 0 Å². The van der Waals surface area contributed by atoms with Gasteiger partial charge in [-0.3, -0.25) is 4.98 Å². The summed E-state index contributed by atoms with van der Waals surface area (Å²) in [6, 6.07) is 10.2. The Bertz CT molecular complexity index is 1000. The van der Waals surface area contributed by atoms with E-state index in [0.29, 0.717) is 23.1 Å². The molecule has 136 valence electrons. The molecule has 1 aromatic carbocycles. The molecule has 0 fully saturated rings. The molecule has 0 unspecified atom stereocenters. The Morgan fingerprint density at radius 3 is 2.58 bits per heavy atom. The molecule has 9 heteroatoms. The van der Waals surface area contributed by atoms with E-state index in [2.05, 4.69) is 9.71 Å². The molecule has 5 nitrogen and oxygen atoms in total. The van der Waals surface area contributed by atoms with Crippen molar-refractivity contribution in [3.63, 3.8) is 0 Å². The molecule has 0 amide bonds. The first-order chi connectivity index (χ1) is 12.3. The first kappa shape index (κ1) is 18.2. The van der Waals surface area contributed by atoms with Gasteiger partial charge in [-0.05, 0) is 48.0 Å². The van der Waals surface area contributed by atoms with Gasteiger partial charge in [-0.25, -0.2) is 13.1 Å². The van der Waals surface area contributed by atoms with Crippen LogP contribution in [0.4, 0.5) is 13.2 Å². The van der Waals surface area contributed by atoms with Crippen molar-refractivity contribution in [1.82, 2.24) is 9.71 Å².